The van der Waals surface area contributed by atoms with E-state index < -0.39 is 5.82 Å². The Balaban J connectivity index is 1.48. The van der Waals surface area contributed by atoms with Crippen molar-refractivity contribution in [1.82, 2.24) is 20.7 Å². The molecule has 7 heteroatoms. The molecule has 2 atom stereocenters. The smallest absolute Gasteiger partial charge is 0.224 e. The van der Waals surface area contributed by atoms with Crippen LogP contribution in [0.5, 0.6) is 0 Å². The summed E-state index contributed by atoms with van der Waals surface area (Å²) < 4.78 is 19.3. The van der Waals surface area contributed by atoms with E-state index in [2.05, 4.69) is 20.7 Å². The first kappa shape index (κ1) is 14.9. The molecule has 2 aromatic heterocycles. The number of nitrogens with one attached hydrogen (secondary N) is 2. The van der Waals surface area contributed by atoms with E-state index in [1.54, 1.807) is 18.2 Å². The second kappa shape index (κ2) is 5.74. The molecule has 1 aromatic carbocycles. The lowest BCUT2D eigenvalue weighted by Crippen LogP contribution is -2.35. The van der Waals surface area contributed by atoms with E-state index in [4.69, 9.17) is 4.42 Å². The van der Waals surface area contributed by atoms with Crippen molar-refractivity contribution in [2.75, 3.05) is 0 Å². The maximum Gasteiger partial charge on any atom is 0.224 e. The van der Waals surface area contributed by atoms with E-state index in [1.807, 2.05) is 6.92 Å². The molecule has 2 heterocycles. The van der Waals surface area contributed by atoms with Gasteiger partial charge in [-0.15, -0.1) is 0 Å². The van der Waals surface area contributed by atoms with Crippen molar-refractivity contribution >= 4 is 16.9 Å². The Bertz CT molecular complexity index is 901. The van der Waals surface area contributed by atoms with Gasteiger partial charge in [-0.3, -0.25) is 4.79 Å². The van der Waals surface area contributed by atoms with Crippen LogP contribution < -0.4 is 5.32 Å². The van der Waals surface area contributed by atoms with Crippen LogP contribution in [0.15, 0.2) is 28.7 Å². The summed E-state index contributed by atoms with van der Waals surface area (Å²) in [5, 5.41) is 14.4. The van der Waals surface area contributed by atoms with Crippen molar-refractivity contribution in [3.8, 4) is 0 Å². The molecule has 0 fully saturated rings. The third-order valence-corrected chi connectivity index (χ3v) is 4.54. The summed E-state index contributed by atoms with van der Waals surface area (Å²) in [6.45, 7) is 1.83. The van der Waals surface area contributed by atoms with Gasteiger partial charge in [-0.05, 0) is 31.9 Å². The first-order valence-corrected chi connectivity index (χ1v) is 7.98. The number of hydrogen-bond donors (Lipinski definition) is 2. The average Bonchev–Trinajstić information content (AvgIpc) is 3.21. The Morgan fingerprint density at radius 1 is 1.42 bits per heavy atom. The number of aryl methyl sites for hydroxylation is 1. The Kier molecular flexibility index (Phi) is 3.55. The summed E-state index contributed by atoms with van der Waals surface area (Å²) >= 11 is 0. The number of halogens is 1. The number of carbonyl (C=O) groups is 1. The van der Waals surface area contributed by atoms with Crippen molar-refractivity contribution in [3.05, 3.63) is 47.2 Å². The third-order valence-electron chi connectivity index (χ3n) is 4.54. The number of aromatic nitrogens is 3. The lowest BCUT2D eigenvalue weighted by Gasteiger charge is -2.21. The maximum atomic E-state index is 13.7. The fraction of sp³-hybridized carbons (Fsp3) is 0.353. The number of benzene rings is 1. The van der Waals surface area contributed by atoms with Crippen molar-refractivity contribution < 1.29 is 13.6 Å². The molecule has 1 aliphatic carbocycles. The Morgan fingerprint density at radius 3 is 3.08 bits per heavy atom. The number of rotatable bonds is 3. The van der Waals surface area contributed by atoms with Crippen LogP contribution in [-0.2, 0) is 17.6 Å². The van der Waals surface area contributed by atoms with Gasteiger partial charge in [0.2, 0.25) is 5.91 Å². The Morgan fingerprint density at radius 2 is 2.25 bits per heavy atom. The summed E-state index contributed by atoms with van der Waals surface area (Å²) in [4.78, 5) is 12.5. The van der Waals surface area contributed by atoms with Crippen LogP contribution in [-0.4, -0.2) is 21.3 Å². The number of amides is 1. The van der Waals surface area contributed by atoms with Gasteiger partial charge in [-0.1, -0.05) is 12.1 Å². The SMILES string of the molecule is C[C@H](NC(=O)[C@H]1CCc2n[nH]nc2C1)c1cc2cccc(F)c2o1. The maximum absolute atomic E-state index is 13.7. The molecule has 0 spiro atoms. The molecule has 0 unspecified atom stereocenters. The van der Waals surface area contributed by atoms with Crippen molar-refractivity contribution in [3.63, 3.8) is 0 Å². The molecule has 3 aromatic rings. The first-order chi connectivity index (χ1) is 11.6. The lowest BCUT2D eigenvalue weighted by atomic mass is 9.89. The molecule has 0 saturated carbocycles. The lowest BCUT2D eigenvalue weighted by molar-refractivity contribution is -0.126. The summed E-state index contributed by atoms with van der Waals surface area (Å²) in [6.07, 6.45) is 2.07. The Hall–Kier alpha value is -2.70. The average molecular weight is 328 g/mol. The van der Waals surface area contributed by atoms with Crippen molar-refractivity contribution in [2.45, 2.75) is 32.2 Å². The van der Waals surface area contributed by atoms with Crippen LogP contribution in [0.25, 0.3) is 11.0 Å². The molecule has 124 valence electrons. The van der Waals surface area contributed by atoms with Crippen LogP contribution in [0, 0.1) is 11.7 Å². The third kappa shape index (κ3) is 2.55. The highest BCUT2D eigenvalue weighted by Crippen LogP contribution is 2.27. The molecule has 4 rings (SSSR count). The van der Waals surface area contributed by atoms with Crippen LogP contribution in [0.2, 0.25) is 0 Å². The molecule has 0 bridgehead atoms. The fourth-order valence-electron chi connectivity index (χ4n) is 3.17. The normalized spacial score (nSPS) is 18.3. The molecule has 24 heavy (non-hydrogen) atoms. The van der Waals surface area contributed by atoms with Gasteiger partial charge in [-0.2, -0.15) is 15.4 Å². The van der Waals surface area contributed by atoms with Gasteiger partial charge in [0.15, 0.2) is 11.4 Å². The van der Waals surface area contributed by atoms with Gasteiger partial charge in [0.25, 0.3) is 0 Å². The van der Waals surface area contributed by atoms with Gasteiger partial charge < -0.3 is 9.73 Å². The van der Waals surface area contributed by atoms with E-state index in [0.717, 1.165) is 24.2 Å². The van der Waals surface area contributed by atoms with Crippen LogP contribution in [0.3, 0.4) is 0 Å². The van der Waals surface area contributed by atoms with E-state index >= 15 is 0 Å². The molecule has 6 nitrogen and oxygen atoms in total. The van der Waals surface area contributed by atoms with Crippen LogP contribution >= 0.6 is 0 Å². The topological polar surface area (TPSA) is 83.8 Å². The minimum Gasteiger partial charge on any atom is -0.456 e. The predicted octanol–water partition coefficient (Wildman–Crippen LogP) is 2.67. The van der Waals surface area contributed by atoms with Gasteiger partial charge in [0, 0.05) is 17.7 Å². The minimum absolute atomic E-state index is 0.0444. The molecule has 1 amide bonds. The number of para-hydroxylation sites is 1. The van der Waals surface area contributed by atoms with E-state index in [1.165, 1.54) is 6.07 Å². The highest BCUT2D eigenvalue weighted by atomic mass is 19.1. The summed E-state index contributed by atoms with van der Waals surface area (Å²) in [6, 6.07) is 6.21. The number of furan rings is 1. The second-order valence-electron chi connectivity index (χ2n) is 6.19. The molecule has 2 N–H and O–H groups in total. The molecule has 0 radical (unpaired) electrons. The molecular weight excluding hydrogens is 311 g/mol. The van der Waals surface area contributed by atoms with E-state index in [-0.39, 0.29) is 23.4 Å². The number of carbonyl (C=O) groups excluding carboxylic acids is 1. The quantitative estimate of drug-likeness (QED) is 0.774. The zero-order valence-corrected chi connectivity index (χ0v) is 13.2. The standard InChI is InChI=1S/C17H17FN4O2/c1-9(15-8-10-3-2-4-12(18)16(10)24-15)19-17(23)11-5-6-13-14(7-11)21-22-20-13/h2-4,8-9,11H,5-7H2,1H3,(H,19,23)(H,20,21,22)/t9-,11-/m0/s1. The predicted molar refractivity (Wildman–Crippen MR) is 84.6 cm³/mol. The first-order valence-electron chi connectivity index (χ1n) is 7.98. The highest BCUT2D eigenvalue weighted by molar-refractivity contribution is 5.81. The second-order valence-corrected chi connectivity index (χ2v) is 6.19. The summed E-state index contributed by atoms with van der Waals surface area (Å²) in [7, 11) is 0. The van der Waals surface area contributed by atoms with E-state index in [0.29, 0.717) is 17.6 Å². The molecular formula is C17H17FN4O2. The van der Waals surface area contributed by atoms with Crippen molar-refractivity contribution in [2.24, 2.45) is 5.92 Å². The molecule has 1 aliphatic rings. The van der Waals surface area contributed by atoms with Gasteiger partial charge in [0.05, 0.1) is 17.4 Å². The monoisotopic (exact) mass is 328 g/mol. The zero-order valence-electron chi connectivity index (χ0n) is 13.2. The highest BCUT2D eigenvalue weighted by Gasteiger charge is 2.28. The van der Waals surface area contributed by atoms with Crippen LogP contribution in [0.1, 0.15) is 36.5 Å². The van der Waals surface area contributed by atoms with Gasteiger partial charge >= 0.3 is 0 Å². The zero-order chi connectivity index (χ0) is 16.7. The van der Waals surface area contributed by atoms with Gasteiger partial charge in [-0.25, -0.2) is 4.39 Å². The van der Waals surface area contributed by atoms with Crippen molar-refractivity contribution in [1.29, 1.82) is 0 Å². The van der Waals surface area contributed by atoms with E-state index in [9.17, 15) is 9.18 Å². The van der Waals surface area contributed by atoms with Crippen LogP contribution in [0.4, 0.5) is 4.39 Å². The Labute approximate surface area is 137 Å². The minimum atomic E-state index is -0.400. The molecule has 0 saturated heterocycles. The largest absolute Gasteiger partial charge is 0.456 e. The number of nitrogens with zero attached hydrogens (tertiary/aromatic N) is 2. The summed E-state index contributed by atoms with van der Waals surface area (Å²) in [5.41, 5.74) is 2.03. The fourth-order valence-corrected chi connectivity index (χ4v) is 3.17. The summed E-state index contributed by atoms with van der Waals surface area (Å²) in [5.74, 6) is -0.0345. The number of hydrogen-bond acceptors (Lipinski definition) is 4. The van der Waals surface area contributed by atoms with Gasteiger partial charge in [0.1, 0.15) is 5.76 Å². The molecule has 0 aliphatic heterocycles. The number of H-pyrrole nitrogens is 1. The number of aromatic amines is 1. The number of fused-ring (bicyclic) bond motifs is 2.